The monoisotopic (exact) mass is 339 g/mol. The first-order valence-corrected chi connectivity index (χ1v) is 6.85. The van der Waals surface area contributed by atoms with Gasteiger partial charge >= 0.3 is 5.97 Å². The van der Waals surface area contributed by atoms with Gasteiger partial charge in [-0.2, -0.15) is 0 Å². The average Bonchev–Trinajstić information content (AvgIpc) is 2.81. The maximum atomic E-state index is 12.0. The molecule has 0 aliphatic rings. The molecule has 0 saturated heterocycles. The van der Waals surface area contributed by atoms with Gasteiger partial charge in [-0.3, -0.25) is 0 Å². The molecule has 0 N–H and O–H groups in total. The van der Waals surface area contributed by atoms with Crippen LogP contribution in [0.1, 0.15) is 23.0 Å². The van der Waals surface area contributed by atoms with E-state index in [1.807, 2.05) is 12.1 Å². The van der Waals surface area contributed by atoms with E-state index in [4.69, 9.17) is 14.0 Å². The second-order valence-corrected chi connectivity index (χ2v) is 4.89. The van der Waals surface area contributed by atoms with E-state index in [9.17, 15) is 4.79 Å². The van der Waals surface area contributed by atoms with Crippen molar-refractivity contribution in [1.29, 1.82) is 0 Å². The molecular weight excluding hydrogens is 326 g/mol. The minimum absolute atomic E-state index is 0.298. The first kappa shape index (κ1) is 14.6. The first-order valence-electron chi connectivity index (χ1n) is 6.05. The second-order valence-electron chi connectivity index (χ2n) is 4.03. The van der Waals surface area contributed by atoms with Gasteiger partial charge in [-0.1, -0.05) is 11.2 Å². The smallest absolute Gasteiger partial charge is 0.344 e. The number of ether oxygens (including phenoxy) is 2. The van der Waals surface area contributed by atoms with Crippen molar-refractivity contribution in [3.63, 3.8) is 0 Å². The van der Waals surface area contributed by atoms with Gasteiger partial charge < -0.3 is 14.0 Å². The Morgan fingerprint density at radius 1 is 1.45 bits per heavy atom. The average molecular weight is 340 g/mol. The van der Waals surface area contributed by atoms with Gasteiger partial charge in [0.25, 0.3) is 0 Å². The Hall–Kier alpha value is -1.82. The van der Waals surface area contributed by atoms with Gasteiger partial charge in [-0.25, -0.2) is 4.79 Å². The number of aryl methyl sites for hydroxylation is 1. The predicted molar refractivity (Wildman–Crippen MR) is 76.9 cm³/mol. The third-order valence-corrected chi connectivity index (χ3v) is 3.42. The number of benzene rings is 1. The van der Waals surface area contributed by atoms with E-state index in [2.05, 4.69) is 21.1 Å². The molecule has 0 radical (unpaired) electrons. The largest absolute Gasteiger partial charge is 0.496 e. The maximum Gasteiger partial charge on any atom is 0.344 e. The Morgan fingerprint density at radius 2 is 2.20 bits per heavy atom. The Balaban J connectivity index is 2.51. The van der Waals surface area contributed by atoms with E-state index in [0.29, 0.717) is 29.4 Å². The molecular formula is C14H14BrNO4. The normalized spacial score (nSPS) is 10.4. The topological polar surface area (TPSA) is 61.6 Å². The zero-order valence-electron chi connectivity index (χ0n) is 11.4. The van der Waals surface area contributed by atoms with E-state index in [1.54, 1.807) is 27.0 Å². The van der Waals surface area contributed by atoms with Crippen LogP contribution in [-0.2, 0) is 4.74 Å². The summed E-state index contributed by atoms with van der Waals surface area (Å²) in [5.41, 5.74) is 1.52. The number of esters is 1. The van der Waals surface area contributed by atoms with Crippen LogP contribution in [0.2, 0.25) is 0 Å². The minimum Gasteiger partial charge on any atom is -0.496 e. The molecule has 2 rings (SSSR count). The number of carbonyl (C=O) groups is 1. The summed E-state index contributed by atoms with van der Waals surface area (Å²) in [4.78, 5) is 12.0. The molecule has 0 spiro atoms. The molecule has 2 aromatic rings. The van der Waals surface area contributed by atoms with Crippen molar-refractivity contribution in [1.82, 2.24) is 5.16 Å². The highest BCUT2D eigenvalue weighted by Crippen LogP contribution is 2.32. The summed E-state index contributed by atoms with van der Waals surface area (Å²) in [6, 6.07) is 5.43. The van der Waals surface area contributed by atoms with E-state index in [1.165, 1.54) is 0 Å². The van der Waals surface area contributed by atoms with Gasteiger partial charge in [0.1, 0.15) is 22.8 Å². The van der Waals surface area contributed by atoms with Gasteiger partial charge in [-0.15, -0.1) is 0 Å². The van der Waals surface area contributed by atoms with Crippen LogP contribution < -0.4 is 4.74 Å². The predicted octanol–water partition coefficient (Wildman–Crippen LogP) is 3.60. The summed E-state index contributed by atoms with van der Waals surface area (Å²) in [5, 5.41) is 3.95. The number of aromatic nitrogens is 1. The van der Waals surface area contributed by atoms with Gasteiger partial charge in [0.05, 0.1) is 18.2 Å². The lowest BCUT2D eigenvalue weighted by Crippen LogP contribution is -2.06. The molecule has 0 amide bonds. The summed E-state index contributed by atoms with van der Waals surface area (Å²) in [7, 11) is 1.57. The van der Waals surface area contributed by atoms with Gasteiger partial charge in [0, 0.05) is 5.56 Å². The van der Waals surface area contributed by atoms with E-state index in [-0.39, 0.29) is 0 Å². The molecule has 0 aliphatic heterocycles. The highest BCUT2D eigenvalue weighted by Gasteiger charge is 2.23. The van der Waals surface area contributed by atoms with Crippen molar-refractivity contribution >= 4 is 21.9 Å². The quantitative estimate of drug-likeness (QED) is 0.796. The third kappa shape index (κ3) is 2.70. The van der Waals surface area contributed by atoms with E-state index < -0.39 is 5.97 Å². The second kappa shape index (κ2) is 6.09. The maximum absolute atomic E-state index is 12.0. The van der Waals surface area contributed by atoms with Crippen LogP contribution in [0.5, 0.6) is 5.75 Å². The van der Waals surface area contributed by atoms with Crippen LogP contribution >= 0.6 is 15.9 Å². The van der Waals surface area contributed by atoms with Crippen LogP contribution in [0, 0.1) is 6.92 Å². The summed E-state index contributed by atoms with van der Waals surface area (Å²) >= 11 is 3.38. The zero-order chi connectivity index (χ0) is 14.7. The van der Waals surface area contributed by atoms with Gasteiger partial charge in [0.2, 0.25) is 0 Å². The Morgan fingerprint density at radius 3 is 2.85 bits per heavy atom. The number of hydrogen-bond donors (Lipinski definition) is 0. The van der Waals surface area contributed by atoms with Crippen molar-refractivity contribution in [2.75, 3.05) is 13.7 Å². The Labute approximate surface area is 125 Å². The van der Waals surface area contributed by atoms with Crippen molar-refractivity contribution < 1.29 is 18.8 Å². The fourth-order valence-corrected chi connectivity index (χ4v) is 2.23. The molecule has 6 heteroatoms. The van der Waals surface area contributed by atoms with Crippen LogP contribution in [0.3, 0.4) is 0 Å². The SMILES string of the molecule is CCOC(=O)c1c(-c2ccc(Br)c(OC)c2)noc1C. The fraction of sp³-hybridized carbons (Fsp3) is 0.286. The van der Waals surface area contributed by atoms with Crippen molar-refractivity contribution in [2.24, 2.45) is 0 Å². The highest BCUT2D eigenvalue weighted by molar-refractivity contribution is 9.10. The molecule has 1 aromatic carbocycles. The number of halogens is 1. The van der Waals surface area contributed by atoms with E-state index >= 15 is 0 Å². The van der Waals surface area contributed by atoms with Gasteiger partial charge in [0.15, 0.2) is 0 Å². The van der Waals surface area contributed by atoms with Crippen LogP contribution in [0.4, 0.5) is 0 Å². The molecule has 5 nitrogen and oxygen atoms in total. The molecule has 0 aliphatic carbocycles. The minimum atomic E-state index is -0.442. The molecule has 1 heterocycles. The van der Waals surface area contributed by atoms with Crippen molar-refractivity contribution in [3.8, 4) is 17.0 Å². The molecule has 0 bridgehead atoms. The lowest BCUT2D eigenvalue weighted by atomic mass is 10.1. The fourth-order valence-electron chi connectivity index (χ4n) is 1.82. The summed E-state index contributed by atoms with van der Waals surface area (Å²) < 4.78 is 16.2. The standard InChI is InChI=1S/C14H14BrNO4/c1-4-19-14(17)12-8(2)20-16-13(12)9-5-6-10(15)11(7-9)18-3/h5-7H,4H2,1-3H3. The molecule has 0 unspecified atom stereocenters. The molecule has 0 fully saturated rings. The molecule has 1 aromatic heterocycles. The summed E-state index contributed by atoms with van der Waals surface area (Å²) in [6.45, 7) is 3.73. The zero-order valence-corrected chi connectivity index (χ0v) is 13.0. The Kier molecular flexibility index (Phi) is 4.44. The Bertz CT molecular complexity index is 636. The molecule has 106 valence electrons. The van der Waals surface area contributed by atoms with Crippen molar-refractivity contribution in [2.45, 2.75) is 13.8 Å². The number of methoxy groups -OCH3 is 1. The summed E-state index contributed by atoms with van der Waals surface area (Å²) in [6.07, 6.45) is 0. The number of nitrogens with zero attached hydrogens (tertiary/aromatic N) is 1. The third-order valence-electron chi connectivity index (χ3n) is 2.77. The van der Waals surface area contributed by atoms with Crippen LogP contribution in [-0.4, -0.2) is 24.8 Å². The van der Waals surface area contributed by atoms with E-state index in [0.717, 1.165) is 10.0 Å². The van der Waals surface area contributed by atoms with Crippen LogP contribution in [0.25, 0.3) is 11.3 Å². The molecule has 0 atom stereocenters. The van der Waals surface area contributed by atoms with Gasteiger partial charge in [-0.05, 0) is 41.9 Å². The first-order chi connectivity index (χ1) is 9.58. The van der Waals surface area contributed by atoms with Crippen molar-refractivity contribution in [3.05, 3.63) is 34.0 Å². The summed E-state index contributed by atoms with van der Waals surface area (Å²) in [5.74, 6) is 0.640. The number of hydrogen-bond acceptors (Lipinski definition) is 5. The number of carbonyl (C=O) groups excluding carboxylic acids is 1. The molecule has 0 saturated carbocycles. The molecule has 20 heavy (non-hydrogen) atoms. The highest BCUT2D eigenvalue weighted by atomic mass is 79.9. The van der Waals surface area contributed by atoms with Crippen LogP contribution in [0.15, 0.2) is 27.2 Å². The lowest BCUT2D eigenvalue weighted by molar-refractivity contribution is 0.0525. The number of rotatable bonds is 4. The lowest BCUT2D eigenvalue weighted by Gasteiger charge is -2.06.